The number of benzene rings is 1. The molecule has 1 fully saturated rings. The summed E-state index contributed by atoms with van der Waals surface area (Å²) in [6.07, 6.45) is -5.95. The molecule has 1 N–H and O–H groups in total. The van der Waals surface area contributed by atoms with Crippen molar-refractivity contribution in [1.29, 1.82) is 0 Å². The molecule has 0 amide bonds. The van der Waals surface area contributed by atoms with Gasteiger partial charge in [0, 0.05) is 24.0 Å². The SMILES string of the molecule is CC#Cc1oc2c(N[C@@H]3CCN(C)C[C@@H]3F)cccc2c1CC(F)(F)F. The number of rotatable bonds is 3. The van der Waals surface area contributed by atoms with E-state index in [1.165, 1.54) is 6.92 Å². The quantitative estimate of drug-likeness (QED) is 0.644. The fraction of sp³-hybridized carbons (Fsp3) is 0.474. The maximum absolute atomic E-state index is 14.3. The second-order valence-corrected chi connectivity index (χ2v) is 6.58. The predicted molar refractivity (Wildman–Crippen MR) is 92.9 cm³/mol. The van der Waals surface area contributed by atoms with Crippen molar-refractivity contribution in [3.05, 3.63) is 29.5 Å². The molecule has 0 aliphatic carbocycles. The van der Waals surface area contributed by atoms with Crippen LogP contribution in [-0.2, 0) is 6.42 Å². The van der Waals surface area contributed by atoms with Gasteiger partial charge in [-0.25, -0.2) is 4.39 Å². The molecule has 2 heterocycles. The minimum atomic E-state index is -4.37. The highest BCUT2D eigenvalue weighted by atomic mass is 19.4. The first-order chi connectivity index (χ1) is 12.3. The molecule has 1 aliphatic heterocycles. The third-order valence-corrected chi connectivity index (χ3v) is 4.52. The van der Waals surface area contributed by atoms with Crippen LogP contribution in [0.1, 0.15) is 24.7 Å². The van der Waals surface area contributed by atoms with Crippen molar-refractivity contribution in [2.24, 2.45) is 0 Å². The standard InChI is InChI=1S/C19H20F4N2O/c1-3-5-17-13(10-19(21,22)23)12-6-4-7-16(18(12)26-17)24-15-8-9-25(2)11-14(15)20/h4,6-7,14-15,24H,8-11H2,1-2H3/t14-,15+/m0/s1. The molecule has 2 aromatic rings. The van der Waals surface area contributed by atoms with Crippen molar-refractivity contribution >= 4 is 16.7 Å². The van der Waals surface area contributed by atoms with Crippen molar-refractivity contribution in [2.45, 2.75) is 38.2 Å². The van der Waals surface area contributed by atoms with Crippen molar-refractivity contribution in [1.82, 2.24) is 4.90 Å². The average Bonchev–Trinajstić information content (AvgIpc) is 2.88. The molecule has 1 aromatic carbocycles. The number of likely N-dealkylation sites (tertiary alicyclic amines) is 1. The summed E-state index contributed by atoms with van der Waals surface area (Å²) in [5.41, 5.74) is 0.800. The first-order valence-corrected chi connectivity index (χ1v) is 8.41. The van der Waals surface area contributed by atoms with Crippen molar-refractivity contribution in [2.75, 3.05) is 25.5 Å². The molecule has 0 radical (unpaired) electrons. The summed E-state index contributed by atoms with van der Waals surface area (Å²) in [6.45, 7) is 2.60. The fourth-order valence-corrected chi connectivity index (χ4v) is 3.29. The van der Waals surface area contributed by atoms with Gasteiger partial charge >= 0.3 is 6.18 Å². The smallest absolute Gasteiger partial charge is 0.393 e. The molecular formula is C19H20F4N2O. The Labute approximate surface area is 149 Å². The molecule has 1 aromatic heterocycles. The summed E-state index contributed by atoms with van der Waals surface area (Å²) >= 11 is 0. The zero-order valence-electron chi connectivity index (χ0n) is 14.6. The van der Waals surface area contributed by atoms with E-state index in [-0.39, 0.29) is 16.9 Å². The molecule has 1 aliphatic rings. The Balaban J connectivity index is 1.99. The van der Waals surface area contributed by atoms with E-state index in [9.17, 15) is 17.6 Å². The number of furan rings is 1. The van der Waals surface area contributed by atoms with E-state index in [2.05, 4.69) is 17.2 Å². The number of fused-ring (bicyclic) bond motifs is 1. The van der Waals surface area contributed by atoms with E-state index >= 15 is 0 Å². The lowest BCUT2D eigenvalue weighted by Gasteiger charge is -2.33. The van der Waals surface area contributed by atoms with Gasteiger partial charge in [-0.2, -0.15) is 13.2 Å². The van der Waals surface area contributed by atoms with Crippen LogP contribution in [0, 0.1) is 11.8 Å². The van der Waals surface area contributed by atoms with Crippen LogP contribution in [0.3, 0.4) is 0 Å². The predicted octanol–water partition coefficient (Wildman–Crippen LogP) is 4.36. The van der Waals surface area contributed by atoms with Crippen molar-refractivity contribution in [3.8, 4) is 11.8 Å². The normalized spacial score (nSPS) is 21.5. The molecule has 2 atom stereocenters. The van der Waals surface area contributed by atoms with Crippen LogP contribution in [0.2, 0.25) is 0 Å². The zero-order valence-corrected chi connectivity index (χ0v) is 14.6. The first-order valence-electron chi connectivity index (χ1n) is 8.41. The zero-order chi connectivity index (χ0) is 18.9. The van der Waals surface area contributed by atoms with Crippen molar-refractivity contribution < 1.29 is 22.0 Å². The van der Waals surface area contributed by atoms with Gasteiger partial charge in [-0.15, -0.1) is 0 Å². The monoisotopic (exact) mass is 368 g/mol. The minimum Gasteiger partial charge on any atom is -0.445 e. The number of hydrogen-bond acceptors (Lipinski definition) is 3. The highest BCUT2D eigenvalue weighted by Crippen LogP contribution is 2.35. The van der Waals surface area contributed by atoms with E-state index in [0.717, 1.165) is 6.54 Å². The Hall–Kier alpha value is -2.20. The minimum absolute atomic E-state index is 0.00857. The van der Waals surface area contributed by atoms with Crippen LogP contribution in [-0.4, -0.2) is 43.4 Å². The maximum Gasteiger partial charge on any atom is 0.393 e. The van der Waals surface area contributed by atoms with Crippen LogP contribution >= 0.6 is 0 Å². The topological polar surface area (TPSA) is 28.4 Å². The molecule has 140 valence electrons. The summed E-state index contributed by atoms with van der Waals surface area (Å²) in [6, 6.07) is 4.50. The molecule has 0 unspecified atom stereocenters. The van der Waals surface area contributed by atoms with E-state index in [1.54, 1.807) is 18.2 Å². The second-order valence-electron chi connectivity index (χ2n) is 6.58. The number of nitrogens with one attached hydrogen (secondary N) is 1. The van der Waals surface area contributed by atoms with E-state index < -0.39 is 24.8 Å². The Morgan fingerprint density at radius 3 is 2.77 bits per heavy atom. The maximum atomic E-state index is 14.3. The summed E-state index contributed by atoms with van der Waals surface area (Å²) in [5, 5.41) is 3.47. The molecule has 0 spiro atoms. The summed E-state index contributed by atoms with van der Waals surface area (Å²) in [5.74, 6) is 5.20. The summed E-state index contributed by atoms with van der Waals surface area (Å²) in [7, 11) is 1.86. The second kappa shape index (κ2) is 7.20. The lowest BCUT2D eigenvalue weighted by molar-refractivity contribution is -0.127. The highest BCUT2D eigenvalue weighted by Gasteiger charge is 2.33. The van der Waals surface area contributed by atoms with Crippen LogP contribution in [0.15, 0.2) is 22.6 Å². The third kappa shape index (κ3) is 3.96. The summed E-state index contributed by atoms with van der Waals surface area (Å²) in [4.78, 5) is 1.91. The molecular weight excluding hydrogens is 348 g/mol. The van der Waals surface area contributed by atoms with Crippen LogP contribution in [0.4, 0.5) is 23.2 Å². The molecule has 0 bridgehead atoms. The van der Waals surface area contributed by atoms with Gasteiger partial charge < -0.3 is 14.6 Å². The Morgan fingerprint density at radius 1 is 1.35 bits per heavy atom. The Kier molecular flexibility index (Phi) is 5.15. The number of nitrogens with zero attached hydrogens (tertiary/aromatic N) is 1. The Bertz CT molecular complexity index is 847. The molecule has 0 saturated carbocycles. The average molecular weight is 368 g/mol. The third-order valence-electron chi connectivity index (χ3n) is 4.52. The lowest BCUT2D eigenvalue weighted by atomic mass is 10.0. The first kappa shape index (κ1) is 18.6. The van der Waals surface area contributed by atoms with Crippen LogP contribution in [0.5, 0.6) is 0 Å². The van der Waals surface area contributed by atoms with Gasteiger partial charge in [-0.1, -0.05) is 18.1 Å². The molecule has 26 heavy (non-hydrogen) atoms. The number of alkyl halides is 4. The largest absolute Gasteiger partial charge is 0.445 e. The van der Waals surface area contributed by atoms with Crippen LogP contribution < -0.4 is 5.32 Å². The van der Waals surface area contributed by atoms with Gasteiger partial charge in [-0.3, -0.25) is 0 Å². The molecule has 3 nitrogen and oxygen atoms in total. The Morgan fingerprint density at radius 2 is 2.12 bits per heavy atom. The highest BCUT2D eigenvalue weighted by molar-refractivity contribution is 5.93. The summed E-state index contributed by atoms with van der Waals surface area (Å²) < 4.78 is 58.9. The van der Waals surface area contributed by atoms with Gasteiger partial charge in [0.25, 0.3) is 0 Å². The van der Waals surface area contributed by atoms with E-state index in [4.69, 9.17) is 4.42 Å². The van der Waals surface area contributed by atoms with Gasteiger partial charge in [0.2, 0.25) is 0 Å². The van der Waals surface area contributed by atoms with Crippen LogP contribution in [0.25, 0.3) is 11.0 Å². The lowest BCUT2D eigenvalue weighted by Crippen LogP contribution is -2.46. The number of para-hydroxylation sites is 1. The van der Waals surface area contributed by atoms with Gasteiger partial charge in [0.15, 0.2) is 11.3 Å². The number of piperidine rings is 1. The van der Waals surface area contributed by atoms with Gasteiger partial charge in [0.05, 0.1) is 18.2 Å². The van der Waals surface area contributed by atoms with E-state index in [1.807, 2.05) is 11.9 Å². The molecule has 1 saturated heterocycles. The number of hydrogen-bond donors (Lipinski definition) is 1. The fourth-order valence-electron chi connectivity index (χ4n) is 3.29. The number of halogens is 4. The van der Waals surface area contributed by atoms with Gasteiger partial charge in [-0.05, 0) is 32.4 Å². The van der Waals surface area contributed by atoms with Gasteiger partial charge in [0.1, 0.15) is 6.17 Å². The number of anilines is 1. The molecule has 7 heteroatoms. The van der Waals surface area contributed by atoms with Crippen molar-refractivity contribution in [3.63, 3.8) is 0 Å². The molecule has 3 rings (SSSR count). The van der Waals surface area contributed by atoms with E-state index in [0.29, 0.717) is 24.0 Å².